The summed E-state index contributed by atoms with van der Waals surface area (Å²) in [5.74, 6) is -0.944. The van der Waals surface area contributed by atoms with Crippen molar-refractivity contribution in [1.82, 2.24) is 20.0 Å². The molecule has 1 N–H and O–H groups in total. The number of ether oxygens (including phenoxy) is 1. The highest BCUT2D eigenvalue weighted by Crippen LogP contribution is 2.18. The molecule has 21 heavy (non-hydrogen) atoms. The van der Waals surface area contributed by atoms with E-state index in [2.05, 4.69) is 15.2 Å². The van der Waals surface area contributed by atoms with Crippen molar-refractivity contribution in [3.8, 4) is 5.88 Å². The van der Waals surface area contributed by atoms with E-state index < -0.39 is 18.6 Å². The van der Waals surface area contributed by atoms with Crippen molar-refractivity contribution in [3.05, 3.63) is 11.8 Å². The van der Waals surface area contributed by atoms with Gasteiger partial charge in [0, 0.05) is 26.2 Å². The lowest BCUT2D eigenvalue weighted by Gasteiger charge is -2.24. The molecule has 2 rings (SSSR count). The Kier molecular flexibility index (Phi) is 4.39. The molecule has 9 heteroatoms. The van der Waals surface area contributed by atoms with Gasteiger partial charge in [-0.25, -0.2) is 4.68 Å². The molecule has 2 heterocycles. The van der Waals surface area contributed by atoms with E-state index in [1.807, 2.05) is 0 Å². The minimum Gasteiger partial charge on any atom is -0.417 e. The molecule has 0 radical (unpaired) electrons. The van der Waals surface area contributed by atoms with Crippen molar-refractivity contribution >= 4 is 11.8 Å². The Balaban J connectivity index is 2.20. The van der Waals surface area contributed by atoms with Crippen LogP contribution in [0.5, 0.6) is 5.88 Å². The molecule has 1 aliphatic rings. The van der Waals surface area contributed by atoms with E-state index in [9.17, 15) is 18.4 Å². The van der Waals surface area contributed by atoms with Gasteiger partial charge in [-0.05, 0) is 13.3 Å². The summed E-state index contributed by atoms with van der Waals surface area (Å²) in [6.07, 6.45) is 0.620. The summed E-state index contributed by atoms with van der Waals surface area (Å²) in [5, 5.41) is 6.56. The average Bonchev–Trinajstić information content (AvgIpc) is 2.68. The molecule has 0 aliphatic carbocycles. The molecule has 1 aromatic heterocycles. The van der Waals surface area contributed by atoms with Crippen molar-refractivity contribution in [2.45, 2.75) is 26.0 Å². The number of nitrogens with zero attached hydrogens (tertiary/aromatic N) is 3. The topological polar surface area (TPSA) is 76.5 Å². The fourth-order valence-electron chi connectivity index (χ4n) is 2.12. The maximum absolute atomic E-state index is 12.4. The molecule has 2 amide bonds. The Morgan fingerprint density at radius 1 is 1.57 bits per heavy atom. The Hall–Kier alpha value is -2.19. The first-order chi connectivity index (χ1) is 9.90. The van der Waals surface area contributed by atoms with Gasteiger partial charge >= 0.3 is 6.61 Å². The van der Waals surface area contributed by atoms with Gasteiger partial charge in [0.2, 0.25) is 11.8 Å². The zero-order chi connectivity index (χ0) is 15.6. The fourth-order valence-corrected chi connectivity index (χ4v) is 2.12. The second-order valence-electron chi connectivity index (χ2n) is 4.69. The van der Waals surface area contributed by atoms with E-state index in [4.69, 9.17) is 0 Å². The monoisotopic (exact) mass is 302 g/mol. The number of aryl methyl sites for hydroxylation is 1. The molecule has 0 aromatic carbocycles. The van der Waals surface area contributed by atoms with Crippen LogP contribution in [0.3, 0.4) is 0 Å². The third kappa shape index (κ3) is 3.29. The second kappa shape index (κ2) is 6.06. The molecule has 1 saturated heterocycles. The summed E-state index contributed by atoms with van der Waals surface area (Å²) in [7, 11) is 1.40. The predicted molar refractivity (Wildman–Crippen MR) is 68.0 cm³/mol. The summed E-state index contributed by atoms with van der Waals surface area (Å²) in [5.41, 5.74) is -0.0327. The number of aromatic nitrogens is 2. The first-order valence-electron chi connectivity index (χ1n) is 6.47. The van der Waals surface area contributed by atoms with Gasteiger partial charge in [0.05, 0.1) is 0 Å². The predicted octanol–water partition coefficient (Wildman–Crippen LogP) is 0.372. The van der Waals surface area contributed by atoms with Gasteiger partial charge in [0.25, 0.3) is 5.91 Å². The lowest BCUT2D eigenvalue weighted by molar-refractivity contribution is -0.124. The molecule has 1 fully saturated rings. The number of alkyl halides is 2. The minimum atomic E-state index is -2.99. The first kappa shape index (κ1) is 15.2. The van der Waals surface area contributed by atoms with Crippen LogP contribution < -0.4 is 10.1 Å². The van der Waals surface area contributed by atoms with Crippen molar-refractivity contribution in [2.75, 3.05) is 13.1 Å². The third-order valence-corrected chi connectivity index (χ3v) is 3.25. The molecule has 0 saturated carbocycles. The van der Waals surface area contributed by atoms with Crippen LogP contribution in [0.2, 0.25) is 0 Å². The van der Waals surface area contributed by atoms with Gasteiger partial charge < -0.3 is 15.0 Å². The minimum absolute atomic E-state index is 0.0327. The van der Waals surface area contributed by atoms with Crippen LogP contribution in [-0.4, -0.2) is 52.2 Å². The smallest absolute Gasteiger partial charge is 0.388 e. The maximum Gasteiger partial charge on any atom is 0.388 e. The van der Waals surface area contributed by atoms with Crippen LogP contribution in [0.1, 0.15) is 23.8 Å². The van der Waals surface area contributed by atoms with Gasteiger partial charge in [-0.1, -0.05) is 0 Å². The van der Waals surface area contributed by atoms with Gasteiger partial charge in [0.1, 0.15) is 6.04 Å². The summed E-state index contributed by atoms with van der Waals surface area (Å²) in [6, 6.07) is 0.505. The fraction of sp³-hybridized carbons (Fsp3) is 0.583. The van der Waals surface area contributed by atoms with Crippen LogP contribution in [0.25, 0.3) is 0 Å². The Labute approximate surface area is 119 Å². The standard InChI is InChI=1S/C12H16F2N4O3/c1-7-10(19)15-4-3-5-18(7)11(20)8-6-9(17(2)16-8)21-12(13)14/h6-7,12H,3-5H2,1-2H3,(H,15,19)/t7-/m0/s1. The number of nitrogens with one attached hydrogen (secondary N) is 1. The molecule has 116 valence electrons. The molecular weight excluding hydrogens is 286 g/mol. The van der Waals surface area contributed by atoms with E-state index in [1.54, 1.807) is 6.92 Å². The molecule has 1 aromatic rings. The zero-order valence-electron chi connectivity index (χ0n) is 11.7. The van der Waals surface area contributed by atoms with E-state index >= 15 is 0 Å². The molecule has 0 bridgehead atoms. The van der Waals surface area contributed by atoms with Gasteiger partial charge in [-0.2, -0.15) is 13.9 Å². The quantitative estimate of drug-likeness (QED) is 0.875. The molecule has 7 nitrogen and oxygen atoms in total. The van der Waals surface area contributed by atoms with Crippen molar-refractivity contribution in [3.63, 3.8) is 0 Å². The van der Waals surface area contributed by atoms with Gasteiger partial charge in [-0.15, -0.1) is 0 Å². The number of hydrogen-bond donors (Lipinski definition) is 1. The number of carbonyl (C=O) groups excluding carboxylic acids is 2. The van der Waals surface area contributed by atoms with E-state index in [-0.39, 0.29) is 17.5 Å². The molecule has 0 spiro atoms. The highest BCUT2D eigenvalue weighted by atomic mass is 19.3. The third-order valence-electron chi connectivity index (χ3n) is 3.25. The number of hydrogen-bond acceptors (Lipinski definition) is 4. The Bertz CT molecular complexity index is 547. The van der Waals surface area contributed by atoms with E-state index in [0.29, 0.717) is 19.5 Å². The molecular formula is C12H16F2N4O3. The van der Waals surface area contributed by atoms with Crippen LogP contribution in [0.15, 0.2) is 6.07 Å². The molecule has 1 aliphatic heterocycles. The van der Waals surface area contributed by atoms with Gasteiger partial charge in [-0.3, -0.25) is 9.59 Å². The Morgan fingerprint density at radius 3 is 2.95 bits per heavy atom. The number of carbonyl (C=O) groups is 2. The number of rotatable bonds is 3. The van der Waals surface area contributed by atoms with E-state index in [0.717, 1.165) is 10.7 Å². The van der Waals surface area contributed by atoms with Crippen molar-refractivity contribution in [1.29, 1.82) is 0 Å². The second-order valence-corrected chi connectivity index (χ2v) is 4.69. The lowest BCUT2D eigenvalue weighted by Crippen LogP contribution is -2.45. The summed E-state index contributed by atoms with van der Waals surface area (Å²) in [6.45, 7) is -0.501. The number of halogens is 2. The Morgan fingerprint density at radius 2 is 2.29 bits per heavy atom. The normalized spacial score (nSPS) is 19.4. The van der Waals surface area contributed by atoms with Crippen molar-refractivity contribution < 1.29 is 23.1 Å². The summed E-state index contributed by atoms with van der Waals surface area (Å²) in [4.78, 5) is 25.5. The van der Waals surface area contributed by atoms with Crippen LogP contribution in [-0.2, 0) is 11.8 Å². The zero-order valence-corrected chi connectivity index (χ0v) is 11.7. The highest BCUT2D eigenvalue weighted by Gasteiger charge is 2.30. The molecule has 0 unspecified atom stereocenters. The van der Waals surface area contributed by atoms with Crippen LogP contribution in [0.4, 0.5) is 8.78 Å². The number of amides is 2. The SMILES string of the molecule is C[C@H]1C(=O)NCCCN1C(=O)c1cc(OC(F)F)n(C)n1. The first-order valence-corrected chi connectivity index (χ1v) is 6.47. The van der Waals surface area contributed by atoms with Crippen molar-refractivity contribution in [2.24, 2.45) is 7.05 Å². The summed E-state index contributed by atoms with van der Waals surface area (Å²) < 4.78 is 29.8. The lowest BCUT2D eigenvalue weighted by atomic mass is 10.2. The largest absolute Gasteiger partial charge is 0.417 e. The van der Waals surface area contributed by atoms with Crippen LogP contribution in [0, 0.1) is 0 Å². The van der Waals surface area contributed by atoms with Crippen LogP contribution >= 0.6 is 0 Å². The van der Waals surface area contributed by atoms with E-state index in [1.165, 1.54) is 11.9 Å². The van der Waals surface area contributed by atoms with Gasteiger partial charge in [0.15, 0.2) is 5.69 Å². The summed E-state index contributed by atoms with van der Waals surface area (Å²) >= 11 is 0. The average molecular weight is 302 g/mol. The highest BCUT2D eigenvalue weighted by molar-refractivity contribution is 5.96. The molecule has 1 atom stereocenters. The maximum atomic E-state index is 12.4.